The number of nitrogens with two attached hydrogens (primary N) is 1. The van der Waals surface area contributed by atoms with E-state index in [-0.39, 0.29) is 11.9 Å². The number of halogens is 2. The van der Waals surface area contributed by atoms with Crippen molar-refractivity contribution in [3.8, 4) is 0 Å². The number of amidine groups is 1. The Morgan fingerprint density at radius 2 is 1.89 bits per heavy atom. The molecule has 0 bridgehead atoms. The van der Waals surface area contributed by atoms with Crippen LogP contribution in [-0.2, 0) is 5.79 Å². The summed E-state index contributed by atoms with van der Waals surface area (Å²) in [4.78, 5) is 9.24. The topological polar surface area (TPSA) is 86.8 Å². The van der Waals surface area contributed by atoms with Crippen molar-refractivity contribution in [3.63, 3.8) is 0 Å². The molecule has 28 heavy (non-hydrogen) atoms. The van der Waals surface area contributed by atoms with Crippen LogP contribution in [0.2, 0.25) is 0 Å². The standard InChI is InChI=1S/C20H22F2N6/c21-15-6-1-4-13(10-15)18-26-19(25-17-8-3-9-24-12-17)28-20(23,27-18)14-5-2-7-16(22)11-14/h1-2,4-7,10-11,17,24H,3,8-9,12,23H2,(H2,25,26,27,28). The number of nitrogens with zero attached hydrogens (tertiary/aromatic N) is 2. The van der Waals surface area contributed by atoms with Gasteiger partial charge in [0.2, 0.25) is 5.79 Å². The zero-order valence-electron chi connectivity index (χ0n) is 15.3. The molecular weight excluding hydrogens is 362 g/mol. The Kier molecular flexibility index (Phi) is 5.06. The first-order valence-electron chi connectivity index (χ1n) is 9.26. The smallest absolute Gasteiger partial charge is 0.213 e. The van der Waals surface area contributed by atoms with Gasteiger partial charge in [0, 0.05) is 17.7 Å². The molecular formula is C20H22F2N6. The molecule has 8 heteroatoms. The normalized spacial score (nSPS) is 26.3. The van der Waals surface area contributed by atoms with E-state index in [1.807, 2.05) is 0 Å². The van der Waals surface area contributed by atoms with Gasteiger partial charge < -0.3 is 16.0 Å². The number of rotatable bonds is 3. The van der Waals surface area contributed by atoms with Crippen LogP contribution in [0.1, 0.15) is 24.0 Å². The number of piperidine rings is 1. The number of aliphatic imine (C=N–C) groups is 2. The Balaban J connectivity index is 1.75. The van der Waals surface area contributed by atoms with Crippen LogP contribution >= 0.6 is 0 Å². The molecule has 0 radical (unpaired) electrons. The Morgan fingerprint density at radius 1 is 1.11 bits per heavy atom. The highest BCUT2D eigenvalue weighted by atomic mass is 19.1. The quantitative estimate of drug-likeness (QED) is 0.650. The first kappa shape index (κ1) is 18.5. The van der Waals surface area contributed by atoms with Gasteiger partial charge in [-0.3, -0.25) is 5.73 Å². The Labute approximate surface area is 162 Å². The molecule has 0 amide bonds. The highest BCUT2D eigenvalue weighted by molar-refractivity contribution is 6.10. The molecule has 2 aromatic rings. The molecule has 2 aliphatic heterocycles. The third-order valence-electron chi connectivity index (χ3n) is 4.78. The van der Waals surface area contributed by atoms with Crippen LogP contribution in [0.4, 0.5) is 8.78 Å². The van der Waals surface area contributed by atoms with Gasteiger partial charge >= 0.3 is 0 Å². The van der Waals surface area contributed by atoms with Crippen molar-refractivity contribution in [2.75, 3.05) is 13.1 Å². The second-order valence-corrected chi connectivity index (χ2v) is 6.98. The van der Waals surface area contributed by atoms with Crippen molar-refractivity contribution in [1.82, 2.24) is 16.0 Å². The molecule has 0 aromatic heterocycles. The van der Waals surface area contributed by atoms with Crippen molar-refractivity contribution in [3.05, 3.63) is 71.3 Å². The maximum absolute atomic E-state index is 13.8. The Hall–Kier alpha value is -2.84. The van der Waals surface area contributed by atoms with Gasteiger partial charge in [0.25, 0.3) is 0 Å². The maximum Gasteiger partial charge on any atom is 0.213 e. The van der Waals surface area contributed by atoms with Crippen LogP contribution in [0.5, 0.6) is 0 Å². The highest BCUT2D eigenvalue weighted by Gasteiger charge is 2.34. The lowest BCUT2D eigenvalue weighted by atomic mass is 10.1. The number of guanidine groups is 1. The Morgan fingerprint density at radius 3 is 2.61 bits per heavy atom. The van der Waals surface area contributed by atoms with E-state index in [9.17, 15) is 8.78 Å². The van der Waals surface area contributed by atoms with Gasteiger partial charge in [-0.15, -0.1) is 0 Å². The minimum absolute atomic E-state index is 0.0763. The van der Waals surface area contributed by atoms with Crippen molar-refractivity contribution in [2.45, 2.75) is 24.7 Å². The largest absolute Gasteiger partial charge is 0.316 e. The molecule has 2 heterocycles. The lowest BCUT2D eigenvalue weighted by Gasteiger charge is -2.35. The van der Waals surface area contributed by atoms with E-state index in [1.54, 1.807) is 24.3 Å². The zero-order chi connectivity index (χ0) is 19.6. The summed E-state index contributed by atoms with van der Waals surface area (Å²) in [7, 11) is 0. The molecule has 146 valence electrons. The summed E-state index contributed by atoms with van der Waals surface area (Å²) < 4.78 is 27.5. The van der Waals surface area contributed by atoms with Gasteiger partial charge in [-0.2, -0.15) is 0 Å². The van der Waals surface area contributed by atoms with E-state index in [0.717, 1.165) is 25.9 Å². The highest BCUT2D eigenvalue weighted by Crippen LogP contribution is 2.22. The minimum atomic E-state index is -1.43. The SMILES string of the molecule is NC1(c2cccc(F)c2)N=C(c2cccc(F)c2)NC(=NC2CCCNC2)N1. The summed E-state index contributed by atoms with van der Waals surface area (Å²) >= 11 is 0. The fourth-order valence-corrected chi connectivity index (χ4v) is 3.38. The average molecular weight is 384 g/mol. The number of benzene rings is 2. The summed E-state index contributed by atoms with van der Waals surface area (Å²) in [6.45, 7) is 1.74. The molecule has 0 aliphatic carbocycles. The Bertz CT molecular complexity index is 922. The number of nitrogens with one attached hydrogen (secondary N) is 3. The first-order chi connectivity index (χ1) is 13.5. The second kappa shape index (κ2) is 7.65. The predicted octanol–water partition coefficient (Wildman–Crippen LogP) is 1.78. The van der Waals surface area contributed by atoms with Gasteiger partial charge in [0.05, 0.1) is 6.04 Å². The van der Waals surface area contributed by atoms with Crippen LogP contribution in [0.25, 0.3) is 0 Å². The molecule has 5 N–H and O–H groups in total. The summed E-state index contributed by atoms with van der Waals surface area (Å²) in [5.41, 5.74) is 7.49. The van der Waals surface area contributed by atoms with E-state index in [2.05, 4.69) is 20.9 Å². The van der Waals surface area contributed by atoms with Crippen molar-refractivity contribution in [1.29, 1.82) is 0 Å². The van der Waals surface area contributed by atoms with Crippen LogP contribution in [0.3, 0.4) is 0 Å². The molecule has 0 saturated carbocycles. The van der Waals surface area contributed by atoms with Crippen LogP contribution in [0.15, 0.2) is 58.5 Å². The van der Waals surface area contributed by atoms with E-state index in [4.69, 9.17) is 10.7 Å². The van der Waals surface area contributed by atoms with Gasteiger partial charge in [0.15, 0.2) is 5.96 Å². The summed E-state index contributed by atoms with van der Waals surface area (Å²) in [6, 6.07) is 12.0. The van der Waals surface area contributed by atoms with Gasteiger partial charge in [0.1, 0.15) is 17.5 Å². The lowest BCUT2D eigenvalue weighted by Crippen LogP contribution is -2.61. The lowest BCUT2D eigenvalue weighted by molar-refractivity contribution is 0.407. The van der Waals surface area contributed by atoms with Crippen molar-refractivity contribution >= 4 is 11.8 Å². The number of hydrogen-bond donors (Lipinski definition) is 4. The van der Waals surface area contributed by atoms with Crippen LogP contribution in [0, 0.1) is 11.6 Å². The summed E-state index contributed by atoms with van der Waals surface area (Å²) in [5.74, 6) is -1.44. The second-order valence-electron chi connectivity index (χ2n) is 6.98. The molecule has 2 aliphatic rings. The van der Waals surface area contributed by atoms with Gasteiger partial charge in [-0.05, 0) is 43.7 Å². The molecule has 2 unspecified atom stereocenters. The minimum Gasteiger partial charge on any atom is -0.316 e. The fraction of sp³-hybridized carbons (Fsp3) is 0.300. The molecule has 1 saturated heterocycles. The van der Waals surface area contributed by atoms with E-state index < -0.39 is 11.6 Å². The average Bonchev–Trinajstić information content (AvgIpc) is 2.68. The van der Waals surface area contributed by atoms with E-state index in [1.165, 1.54) is 24.3 Å². The van der Waals surface area contributed by atoms with E-state index in [0.29, 0.717) is 22.9 Å². The molecule has 1 fully saturated rings. The van der Waals surface area contributed by atoms with Crippen molar-refractivity contribution < 1.29 is 8.78 Å². The molecule has 4 rings (SSSR count). The maximum atomic E-state index is 13.8. The first-order valence-corrected chi connectivity index (χ1v) is 9.26. The van der Waals surface area contributed by atoms with E-state index >= 15 is 0 Å². The van der Waals surface area contributed by atoms with Gasteiger partial charge in [-0.25, -0.2) is 18.8 Å². The molecule has 2 aromatic carbocycles. The number of hydrogen-bond acceptors (Lipinski definition) is 4. The monoisotopic (exact) mass is 384 g/mol. The molecule has 0 spiro atoms. The van der Waals surface area contributed by atoms with Gasteiger partial charge in [-0.1, -0.05) is 24.3 Å². The third-order valence-corrected chi connectivity index (χ3v) is 4.78. The summed E-state index contributed by atoms with van der Waals surface area (Å²) in [5, 5.41) is 9.49. The van der Waals surface area contributed by atoms with Crippen LogP contribution < -0.4 is 21.7 Å². The predicted molar refractivity (Wildman–Crippen MR) is 105 cm³/mol. The fourth-order valence-electron chi connectivity index (χ4n) is 3.38. The molecule has 6 nitrogen and oxygen atoms in total. The third kappa shape index (κ3) is 4.02. The zero-order valence-corrected chi connectivity index (χ0v) is 15.3. The van der Waals surface area contributed by atoms with Crippen LogP contribution in [-0.4, -0.2) is 30.9 Å². The van der Waals surface area contributed by atoms with Crippen molar-refractivity contribution in [2.24, 2.45) is 15.7 Å². The molecule has 2 atom stereocenters. The summed E-state index contributed by atoms with van der Waals surface area (Å²) in [6.07, 6.45) is 1.98.